The molecule has 1 unspecified atom stereocenters. The van der Waals surface area contributed by atoms with Gasteiger partial charge >= 0.3 is 0 Å². The molecule has 0 radical (unpaired) electrons. The molecule has 0 spiro atoms. The summed E-state index contributed by atoms with van der Waals surface area (Å²) in [6.45, 7) is 15.7. The fourth-order valence-corrected chi connectivity index (χ4v) is 6.38. The number of hydrogen-bond donors (Lipinski definition) is 3. The molecule has 0 bridgehead atoms. The summed E-state index contributed by atoms with van der Waals surface area (Å²) in [6.07, 6.45) is 14.9. The average molecular weight is 429 g/mol. The fourth-order valence-electron chi connectivity index (χ4n) is 6.38. The SMILES string of the molecule is C=C1C(=CC=C2CCC[C@@]3(C)C2CC[C@@H]3[C@H](C)/C=C/[C@@H](C)C(C)C)C[C@@H](O)CC1(O)O. The molecule has 3 N–H and O–H groups in total. The average Bonchev–Trinajstić information content (AvgIpc) is 3.04. The van der Waals surface area contributed by atoms with Crippen molar-refractivity contribution in [3.8, 4) is 0 Å². The van der Waals surface area contributed by atoms with E-state index in [0.717, 1.165) is 12.0 Å². The predicted molar refractivity (Wildman–Crippen MR) is 128 cm³/mol. The van der Waals surface area contributed by atoms with Crippen molar-refractivity contribution < 1.29 is 15.3 Å². The van der Waals surface area contributed by atoms with Gasteiger partial charge in [-0.3, -0.25) is 0 Å². The van der Waals surface area contributed by atoms with Gasteiger partial charge in [0.05, 0.1) is 6.10 Å². The summed E-state index contributed by atoms with van der Waals surface area (Å²) < 4.78 is 0. The Hall–Kier alpha value is -1.16. The summed E-state index contributed by atoms with van der Waals surface area (Å²) in [5.74, 6) is 1.18. The second-order valence-electron chi connectivity index (χ2n) is 11.2. The van der Waals surface area contributed by atoms with Crippen LogP contribution < -0.4 is 0 Å². The highest BCUT2D eigenvalue weighted by Crippen LogP contribution is 2.59. The molecule has 3 aliphatic rings. The van der Waals surface area contributed by atoms with Gasteiger partial charge in [-0.25, -0.2) is 0 Å². The second-order valence-corrected chi connectivity index (χ2v) is 11.2. The molecule has 174 valence electrons. The molecule has 3 saturated carbocycles. The zero-order chi connectivity index (χ0) is 23.0. The Morgan fingerprint density at radius 3 is 2.45 bits per heavy atom. The van der Waals surface area contributed by atoms with Crippen LogP contribution in [0.25, 0.3) is 0 Å². The van der Waals surface area contributed by atoms with Gasteiger partial charge in [-0.05, 0) is 79.1 Å². The third-order valence-electron chi connectivity index (χ3n) is 8.79. The molecule has 0 saturated heterocycles. The molecule has 3 aliphatic carbocycles. The molecule has 0 aromatic carbocycles. The number of aliphatic hydroxyl groups excluding tert-OH is 1. The van der Waals surface area contributed by atoms with Crippen LogP contribution in [0.15, 0.2) is 47.6 Å². The Labute approximate surface area is 189 Å². The zero-order valence-corrected chi connectivity index (χ0v) is 20.3. The number of fused-ring (bicyclic) bond motifs is 1. The van der Waals surface area contributed by atoms with E-state index in [2.05, 4.69) is 59.4 Å². The van der Waals surface area contributed by atoms with Crippen molar-refractivity contribution >= 4 is 0 Å². The molecule has 3 nitrogen and oxygen atoms in total. The summed E-state index contributed by atoms with van der Waals surface area (Å²) in [7, 11) is 0. The first kappa shape index (κ1) is 24.5. The standard InChI is InChI=1S/C28H44O3/c1-18(2)19(3)9-10-20(4)25-13-14-26-22(8-7-15-27(25,26)6)11-12-23-16-24(29)17-28(30,31)21(23)5/h9-12,18-20,24-26,29-31H,5,7-8,13-17H2,1-4,6H3/b10-9+,22-11?,23-12?/t19-,20-,24-,25-,26?,27-/m1/s1. The molecule has 0 heterocycles. The number of hydrogen-bond acceptors (Lipinski definition) is 3. The summed E-state index contributed by atoms with van der Waals surface area (Å²) in [4.78, 5) is 0. The van der Waals surface area contributed by atoms with Crippen LogP contribution >= 0.6 is 0 Å². The monoisotopic (exact) mass is 428 g/mol. The van der Waals surface area contributed by atoms with Crippen LogP contribution in [0.5, 0.6) is 0 Å². The van der Waals surface area contributed by atoms with Gasteiger partial charge in [-0.1, -0.05) is 71.1 Å². The molecule has 6 atom stereocenters. The molecular weight excluding hydrogens is 384 g/mol. The van der Waals surface area contributed by atoms with Gasteiger partial charge in [0.15, 0.2) is 5.79 Å². The Morgan fingerprint density at radius 2 is 1.77 bits per heavy atom. The summed E-state index contributed by atoms with van der Waals surface area (Å²) in [6, 6.07) is 0. The Bertz CT molecular complexity index is 756. The van der Waals surface area contributed by atoms with Crippen molar-refractivity contribution in [1.82, 2.24) is 0 Å². The van der Waals surface area contributed by atoms with Crippen LogP contribution in [0.3, 0.4) is 0 Å². The Morgan fingerprint density at radius 1 is 1.06 bits per heavy atom. The van der Waals surface area contributed by atoms with E-state index < -0.39 is 11.9 Å². The first-order valence-corrected chi connectivity index (χ1v) is 12.4. The molecule has 0 amide bonds. The van der Waals surface area contributed by atoms with Crippen LogP contribution in [0.2, 0.25) is 0 Å². The van der Waals surface area contributed by atoms with Crippen molar-refractivity contribution in [2.45, 2.75) is 91.5 Å². The van der Waals surface area contributed by atoms with E-state index in [0.29, 0.717) is 47.0 Å². The highest BCUT2D eigenvalue weighted by Gasteiger charge is 2.50. The fraction of sp³-hybridized carbons (Fsp3) is 0.714. The highest BCUT2D eigenvalue weighted by atomic mass is 16.5. The zero-order valence-electron chi connectivity index (χ0n) is 20.3. The van der Waals surface area contributed by atoms with E-state index >= 15 is 0 Å². The smallest absolute Gasteiger partial charge is 0.191 e. The largest absolute Gasteiger partial charge is 0.393 e. The molecule has 3 heteroatoms. The molecule has 0 aliphatic heterocycles. The maximum Gasteiger partial charge on any atom is 0.191 e. The Balaban J connectivity index is 1.78. The quantitative estimate of drug-likeness (QED) is 0.375. The van der Waals surface area contributed by atoms with E-state index in [9.17, 15) is 15.3 Å². The van der Waals surface area contributed by atoms with Crippen molar-refractivity contribution in [1.29, 1.82) is 0 Å². The van der Waals surface area contributed by atoms with Crippen molar-refractivity contribution in [3.63, 3.8) is 0 Å². The van der Waals surface area contributed by atoms with Crippen molar-refractivity contribution in [2.75, 3.05) is 0 Å². The number of aliphatic hydroxyl groups is 3. The van der Waals surface area contributed by atoms with Crippen LogP contribution in [0, 0.1) is 35.0 Å². The first-order valence-electron chi connectivity index (χ1n) is 12.4. The summed E-state index contributed by atoms with van der Waals surface area (Å²) in [5, 5.41) is 30.4. The molecular formula is C28H44O3. The third-order valence-corrected chi connectivity index (χ3v) is 8.79. The lowest BCUT2D eigenvalue weighted by Crippen LogP contribution is -2.40. The minimum atomic E-state index is -2.00. The van der Waals surface area contributed by atoms with E-state index in [-0.39, 0.29) is 6.42 Å². The van der Waals surface area contributed by atoms with E-state index in [1.54, 1.807) is 0 Å². The topological polar surface area (TPSA) is 60.7 Å². The number of rotatable bonds is 5. The highest BCUT2D eigenvalue weighted by molar-refractivity contribution is 5.40. The molecule has 3 rings (SSSR count). The van der Waals surface area contributed by atoms with E-state index in [1.165, 1.54) is 31.3 Å². The van der Waals surface area contributed by atoms with Crippen molar-refractivity contribution in [2.24, 2.45) is 35.0 Å². The van der Waals surface area contributed by atoms with Gasteiger partial charge in [0.25, 0.3) is 0 Å². The van der Waals surface area contributed by atoms with Gasteiger partial charge in [0.2, 0.25) is 0 Å². The summed E-state index contributed by atoms with van der Waals surface area (Å²) in [5.41, 5.74) is 2.91. The molecule has 0 aromatic rings. The van der Waals surface area contributed by atoms with Gasteiger partial charge in [0, 0.05) is 12.0 Å². The van der Waals surface area contributed by atoms with Gasteiger partial charge in [-0.15, -0.1) is 0 Å². The molecule has 0 aromatic heterocycles. The van der Waals surface area contributed by atoms with Crippen molar-refractivity contribution in [3.05, 3.63) is 47.6 Å². The second kappa shape index (κ2) is 9.37. The van der Waals surface area contributed by atoms with Gasteiger partial charge in [-0.2, -0.15) is 0 Å². The van der Waals surface area contributed by atoms with Crippen LogP contribution in [0.4, 0.5) is 0 Å². The first-order chi connectivity index (χ1) is 14.5. The predicted octanol–water partition coefficient (Wildman–Crippen LogP) is 5.93. The lowest BCUT2D eigenvalue weighted by molar-refractivity contribution is -0.155. The van der Waals surface area contributed by atoms with E-state index in [1.807, 2.05) is 6.08 Å². The maximum absolute atomic E-state index is 10.2. The lowest BCUT2D eigenvalue weighted by atomic mass is 9.61. The van der Waals surface area contributed by atoms with Gasteiger partial charge < -0.3 is 15.3 Å². The van der Waals surface area contributed by atoms with Crippen LogP contribution in [-0.2, 0) is 0 Å². The number of allylic oxidation sites excluding steroid dienone is 5. The maximum atomic E-state index is 10.2. The Kier molecular flexibility index (Phi) is 7.40. The minimum Gasteiger partial charge on any atom is -0.393 e. The third kappa shape index (κ3) is 5.10. The van der Waals surface area contributed by atoms with E-state index in [4.69, 9.17) is 0 Å². The summed E-state index contributed by atoms with van der Waals surface area (Å²) >= 11 is 0. The normalized spacial score (nSPS) is 38.2. The van der Waals surface area contributed by atoms with Crippen LogP contribution in [-0.4, -0.2) is 27.2 Å². The molecule has 31 heavy (non-hydrogen) atoms. The van der Waals surface area contributed by atoms with Gasteiger partial charge in [0.1, 0.15) is 0 Å². The van der Waals surface area contributed by atoms with Crippen LogP contribution in [0.1, 0.15) is 79.6 Å². The lowest BCUT2D eigenvalue weighted by Gasteiger charge is -2.44. The minimum absolute atomic E-state index is 0.0665. The molecule has 3 fully saturated rings.